The molecule has 1 atom stereocenters. The average Bonchev–Trinajstić information content (AvgIpc) is 2.46. The molecule has 106 valence electrons. The largest absolute Gasteiger partial charge is 0.486 e. The number of likely N-dealkylation sites (N-methyl/N-ethyl adjacent to an activating group) is 1. The minimum atomic E-state index is -0.472. The van der Waals surface area contributed by atoms with Crippen molar-refractivity contribution in [1.29, 1.82) is 0 Å². The highest BCUT2D eigenvalue weighted by Crippen LogP contribution is 2.33. The van der Waals surface area contributed by atoms with Crippen molar-refractivity contribution in [3.05, 3.63) is 23.8 Å². The van der Waals surface area contributed by atoms with E-state index in [1.165, 1.54) is 0 Å². The van der Waals surface area contributed by atoms with Gasteiger partial charge < -0.3 is 19.1 Å². The summed E-state index contributed by atoms with van der Waals surface area (Å²) in [4.78, 5) is 0. The smallest absolute Gasteiger partial charge is 0.161 e. The van der Waals surface area contributed by atoms with Gasteiger partial charge in [-0.25, -0.2) is 0 Å². The molecule has 4 heteroatoms. The quantitative estimate of drug-likeness (QED) is 0.828. The van der Waals surface area contributed by atoms with Crippen molar-refractivity contribution in [3.8, 4) is 11.5 Å². The molecule has 1 aliphatic rings. The zero-order valence-corrected chi connectivity index (χ0v) is 12.1. The molecule has 1 aromatic rings. The van der Waals surface area contributed by atoms with Gasteiger partial charge in [0.25, 0.3) is 0 Å². The highest BCUT2D eigenvalue weighted by atomic mass is 16.6. The van der Waals surface area contributed by atoms with E-state index in [2.05, 4.69) is 20.9 Å². The number of rotatable bonds is 5. The van der Waals surface area contributed by atoms with Crippen molar-refractivity contribution in [1.82, 2.24) is 0 Å². The maximum atomic E-state index is 10.4. The molecule has 0 aliphatic carbocycles. The van der Waals surface area contributed by atoms with Crippen LogP contribution in [-0.2, 0) is 0 Å². The predicted molar refractivity (Wildman–Crippen MR) is 74.5 cm³/mol. The molecule has 1 unspecified atom stereocenters. The molecular weight excluding hydrogens is 242 g/mol. The summed E-state index contributed by atoms with van der Waals surface area (Å²) in [7, 11) is 2.17. The summed E-state index contributed by atoms with van der Waals surface area (Å²) in [6.45, 7) is 8.21. The molecule has 4 nitrogen and oxygen atoms in total. The Morgan fingerprint density at radius 2 is 1.79 bits per heavy atom. The summed E-state index contributed by atoms with van der Waals surface area (Å²) >= 11 is 0. The number of aliphatic hydroxyl groups excluding tert-OH is 1. The van der Waals surface area contributed by atoms with Gasteiger partial charge in [0.1, 0.15) is 25.9 Å². The monoisotopic (exact) mass is 266 g/mol. The Hall–Kier alpha value is -1.26. The standard InChI is InChI=1S/C15H24NO3/c1-4-16(3,5-2)11-13(17)12-6-7-14-15(10-12)19-9-8-18-14/h6-7,10,13,17H,4-5,8-9,11H2,1-3H3/q+1. The van der Waals surface area contributed by atoms with Crippen LogP contribution in [0, 0.1) is 0 Å². The molecule has 0 saturated carbocycles. The van der Waals surface area contributed by atoms with Gasteiger partial charge >= 0.3 is 0 Å². The molecule has 0 amide bonds. The summed E-state index contributed by atoms with van der Waals surface area (Å²) in [5.74, 6) is 1.51. The molecule has 19 heavy (non-hydrogen) atoms. The summed E-state index contributed by atoms with van der Waals surface area (Å²) in [6.07, 6.45) is -0.472. The Labute approximate surface area is 115 Å². The Morgan fingerprint density at radius 3 is 2.42 bits per heavy atom. The molecule has 1 aromatic carbocycles. The van der Waals surface area contributed by atoms with Crippen LogP contribution >= 0.6 is 0 Å². The third kappa shape index (κ3) is 3.19. The van der Waals surface area contributed by atoms with E-state index >= 15 is 0 Å². The molecule has 0 aromatic heterocycles. The van der Waals surface area contributed by atoms with Gasteiger partial charge in [-0.15, -0.1) is 0 Å². The first kappa shape index (κ1) is 14.2. The lowest BCUT2D eigenvalue weighted by Gasteiger charge is -2.34. The van der Waals surface area contributed by atoms with Crippen LogP contribution < -0.4 is 9.47 Å². The van der Waals surface area contributed by atoms with E-state index in [1.54, 1.807) is 0 Å². The highest BCUT2D eigenvalue weighted by Gasteiger charge is 2.24. The molecule has 0 saturated heterocycles. The van der Waals surface area contributed by atoms with Crippen molar-refractivity contribution in [2.45, 2.75) is 20.0 Å². The SMILES string of the molecule is CC[N+](C)(CC)CC(O)c1ccc2c(c1)OCCO2. The summed E-state index contributed by atoms with van der Waals surface area (Å²) in [6, 6.07) is 5.71. The lowest BCUT2D eigenvalue weighted by atomic mass is 10.1. The molecule has 0 radical (unpaired) electrons. The molecule has 0 bridgehead atoms. The Kier molecular flexibility index (Phi) is 4.32. The number of quaternary nitrogens is 1. The van der Waals surface area contributed by atoms with Gasteiger partial charge in [0.2, 0.25) is 0 Å². The lowest BCUT2D eigenvalue weighted by molar-refractivity contribution is -0.909. The zero-order valence-electron chi connectivity index (χ0n) is 12.1. The third-order valence-corrected chi connectivity index (χ3v) is 4.09. The van der Waals surface area contributed by atoms with E-state index in [9.17, 15) is 5.11 Å². The van der Waals surface area contributed by atoms with E-state index in [0.29, 0.717) is 19.8 Å². The van der Waals surface area contributed by atoms with E-state index in [4.69, 9.17) is 9.47 Å². The van der Waals surface area contributed by atoms with Gasteiger partial charge in [-0.05, 0) is 31.5 Å². The second-order valence-electron chi connectivity index (χ2n) is 5.35. The van der Waals surface area contributed by atoms with Crippen molar-refractivity contribution in [3.63, 3.8) is 0 Å². The second-order valence-corrected chi connectivity index (χ2v) is 5.35. The molecule has 2 rings (SSSR count). The Balaban J connectivity index is 2.13. The first-order valence-corrected chi connectivity index (χ1v) is 6.99. The number of ether oxygens (including phenoxy) is 2. The van der Waals surface area contributed by atoms with Crippen molar-refractivity contribution in [2.75, 3.05) is 39.9 Å². The molecule has 1 aliphatic heterocycles. The van der Waals surface area contributed by atoms with E-state index in [-0.39, 0.29) is 0 Å². The zero-order chi connectivity index (χ0) is 13.9. The summed E-state index contributed by atoms with van der Waals surface area (Å²) < 4.78 is 11.9. The van der Waals surface area contributed by atoms with Gasteiger partial charge in [0.15, 0.2) is 11.5 Å². The lowest BCUT2D eigenvalue weighted by Crippen LogP contribution is -2.46. The number of fused-ring (bicyclic) bond motifs is 1. The van der Waals surface area contributed by atoms with Crippen LogP contribution in [0.15, 0.2) is 18.2 Å². The van der Waals surface area contributed by atoms with Gasteiger partial charge in [-0.2, -0.15) is 0 Å². The normalized spacial score (nSPS) is 16.2. The van der Waals surface area contributed by atoms with Crippen LogP contribution in [-0.4, -0.2) is 49.5 Å². The Morgan fingerprint density at radius 1 is 1.16 bits per heavy atom. The topological polar surface area (TPSA) is 38.7 Å². The number of hydrogen-bond donors (Lipinski definition) is 1. The van der Waals surface area contributed by atoms with Crippen LogP contribution in [0.3, 0.4) is 0 Å². The van der Waals surface area contributed by atoms with Crippen LogP contribution in [0.25, 0.3) is 0 Å². The minimum absolute atomic E-state index is 0.472. The maximum Gasteiger partial charge on any atom is 0.161 e. The maximum absolute atomic E-state index is 10.4. The average molecular weight is 266 g/mol. The molecule has 0 fully saturated rings. The van der Waals surface area contributed by atoms with Crippen molar-refractivity contribution < 1.29 is 19.1 Å². The van der Waals surface area contributed by atoms with Gasteiger partial charge in [0.05, 0.1) is 20.1 Å². The Bertz CT molecular complexity index is 429. The van der Waals surface area contributed by atoms with E-state index < -0.39 is 6.10 Å². The van der Waals surface area contributed by atoms with Crippen molar-refractivity contribution in [2.24, 2.45) is 0 Å². The van der Waals surface area contributed by atoms with Crippen LogP contribution in [0.2, 0.25) is 0 Å². The number of nitrogens with zero attached hydrogens (tertiary/aromatic N) is 1. The first-order valence-electron chi connectivity index (χ1n) is 6.99. The molecule has 1 heterocycles. The first-order chi connectivity index (χ1) is 9.08. The van der Waals surface area contributed by atoms with Crippen LogP contribution in [0.4, 0.5) is 0 Å². The van der Waals surface area contributed by atoms with Crippen LogP contribution in [0.5, 0.6) is 11.5 Å². The van der Waals surface area contributed by atoms with E-state index in [0.717, 1.165) is 34.6 Å². The van der Waals surface area contributed by atoms with Crippen LogP contribution in [0.1, 0.15) is 25.5 Å². The fourth-order valence-corrected chi connectivity index (χ4v) is 2.27. The predicted octanol–water partition coefficient (Wildman–Crippen LogP) is 1.98. The molecule has 0 spiro atoms. The number of aliphatic hydroxyl groups is 1. The fraction of sp³-hybridized carbons (Fsp3) is 0.600. The summed E-state index contributed by atoms with van der Waals surface area (Å²) in [5.41, 5.74) is 0.899. The number of benzene rings is 1. The van der Waals surface area contributed by atoms with Gasteiger partial charge in [-0.1, -0.05) is 6.07 Å². The van der Waals surface area contributed by atoms with E-state index in [1.807, 2.05) is 18.2 Å². The fourth-order valence-electron chi connectivity index (χ4n) is 2.27. The van der Waals surface area contributed by atoms with Gasteiger partial charge in [-0.3, -0.25) is 0 Å². The second kappa shape index (κ2) is 5.80. The molecule has 1 N–H and O–H groups in total. The number of hydrogen-bond acceptors (Lipinski definition) is 3. The van der Waals surface area contributed by atoms with Crippen molar-refractivity contribution >= 4 is 0 Å². The van der Waals surface area contributed by atoms with Gasteiger partial charge in [0, 0.05) is 0 Å². The highest BCUT2D eigenvalue weighted by molar-refractivity contribution is 5.44. The molecular formula is C15H24NO3+. The summed E-state index contributed by atoms with van der Waals surface area (Å²) in [5, 5.41) is 10.4. The minimum Gasteiger partial charge on any atom is -0.486 e. The third-order valence-electron chi connectivity index (χ3n) is 4.09.